The van der Waals surface area contributed by atoms with Crippen molar-refractivity contribution in [1.29, 1.82) is 0 Å². The van der Waals surface area contributed by atoms with Crippen LogP contribution in [-0.2, 0) is 23.0 Å². The third-order valence-corrected chi connectivity index (χ3v) is 6.44. The van der Waals surface area contributed by atoms with Gasteiger partial charge in [0.25, 0.3) is 10.0 Å². The van der Waals surface area contributed by atoms with Crippen molar-refractivity contribution in [3.05, 3.63) is 59.9 Å². The molecule has 0 unspecified atom stereocenters. The van der Waals surface area contributed by atoms with Crippen LogP contribution in [0.4, 0.5) is 5.69 Å². The molecule has 0 fully saturated rings. The monoisotopic (exact) mass is 410 g/mol. The predicted molar refractivity (Wildman–Crippen MR) is 110 cm³/mol. The summed E-state index contributed by atoms with van der Waals surface area (Å²) in [6.45, 7) is 2.23. The number of ketones is 1. The standard InChI is InChI=1S/C21H22N4O3S/c1-15(26)16-8-7-9-17(14-16)29(27,28)24-19-11-5-4-10-18(19)21-23-22-20-12-3-2-6-13-25(20)21/h4-5,7-11,14,24H,2-3,6,12-13H2,1H3. The van der Waals surface area contributed by atoms with Gasteiger partial charge in [0.2, 0.25) is 0 Å². The summed E-state index contributed by atoms with van der Waals surface area (Å²) >= 11 is 0. The summed E-state index contributed by atoms with van der Waals surface area (Å²) < 4.78 is 30.7. The Balaban J connectivity index is 1.72. The summed E-state index contributed by atoms with van der Waals surface area (Å²) in [6.07, 6.45) is 4.14. The molecule has 0 saturated heterocycles. The maximum absolute atomic E-state index is 13.0. The molecule has 29 heavy (non-hydrogen) atoms. The Morgan fingerprint density at radius 3 is 2.69 bits per heavy atom. The fourth-order valence-electron chi connectivity index (χ4n) is 3.54. The van der Waals surface area contributed by atoms with Gasteiger partial charge in [-0.1, -0.05) is 30.7 Å². The molecule has 1 aliphatic heterocycles. The number of anilines is 1. The number of fused-ring (bicyclic) bond motifs is 1. The van der Waals surface area contributed by atoms with Crippen molar-refractivity contribution in [2.24, 2.45) is 0 Å². The molecule has 0 aliphatic carbocycles. The number of aromatic nitrogens is 3. The average molecular weight is 410 g/mol. The molecule has 4 rings (SSSR count). The zero-order chi connectivity index (χ0) is 20.4. The largest absolute Gasteiger partial charge is 0.311 e. The number of rotatable bonds is 5. The maximum Gasteiger partial charge on any atom is 0.261 e. The van der Waals surface area contributed by atoms with Gasteiger partial charge in [-0.15, -0.1) is 10.2 Å². The number of carbonyl (C=O) groups is 1. The summed E-state index contributed by atoms with van der Waals surface area (Å²) in [7, 11) is -3.87. The van der Waals surface area contributed by atoms with Crippen molar-refractivity contribution in [2.45, 2.75) is 44.0 Å². The SMILES string of the molecule is CC(=O)c1cccc(S(=O)(=O)Nc2ccccc2-c2nnc3n2CCCCC3)c1. The molecule has 0 atom stereocenters. The second-order valence-electron chi connectivity index (χ2n) is 7.14. The number of para-hydroxylation sites is 1. The first-order chi connectivity index (χ1) is 14.0. The Hall–Kier alpha value is -3.00. The van der Waals surface area contributed by atoms with Crippen LogP contribution < -0.4 is 4.72 Å². The Kier molecular flexibility index (Phi) is 5.19. The molecular weight excluding hydrogens is 388 g/mol. The van der Waals surface area contributed by atoms with Crippen LogP contribution >= 0.6 is 0 Å². The molecule has 8 heteroatoms. The second-order valence-corrected chi connectivity index (χ2v) is 8.82. The molecule has 7 nitrogen and oxygen atoms in total. The number of Topliss-reactive ketones (excluding diaryl/α,β-unsaturated/α-hetero) is 1. The van der Waals surface area contributed by atoms with Gasteiger partial charge in [-0.2, -0.15) is 0 Å². The Bertz CT molecular complexity index is 1170. The molecule has 2 heterocycles. The first kappa shape index (κ1) is 19.3. The van der Waals surface area contributed by atoms with E-state index in [4.69, 9.17) is 0 Å². The number of hydrogen-bond donors (Lipinski definition) is 1. The summed E-state index contributed by atoms with van der Waals surface area (Å²) in [5.74, 6) is 1.41. The Labute approximate surface area is 169 Å². The van der Waals surface area contributed by atoms with Gasteiger partial charge in [0.1, 0.15) is 5.82 Å². The minimum absolute atomic E-state index is 0.0417. The number of sulfonamides is 1. The Morgan fingerprint density at radius 2 is 1.86 bits per heavy atom. The molecule has 3 aromatic rings. The number of hydrogen-bond acceptors (Lipinski definition) is 5. The lowest BCUT2D eigenvalue weighted by Crippen LogP contribution is -2.15. The fourth-order valence-corrected chi connectivity index (χ4v) is 4.66. The van der Waals surface area contributed by atoms with E-state index in [0.29, 0.717) is 22.6 Å². The van der Waals surface area contributed by atoms with Crippen molar-refractivity contribution in [1.82, 2.24) is 14.8 Å². The summed E-state index contributed by atoms with van der Waals surface area (Å²) in [5, 5.41) is 8.66. The van der Waals surface area contributed by atoms with E-state index in [1.807, 2.05) is 12.1 Å². The molecule has 1 aromatic heterocycles. The minimum Gasteiger partial charge on any atom is -0.311 e. The van der Waals surface area contributed by atoms with E-state index in [2.05, 4.69) is 19.5 Å². The van der Waals surface area contributed by atoms with E-state index in [-0.39, 0.29) is 10.7 Å². The van der Waals surface area contributed by atoms with Gasteiger partial charge in [0.05, 0.1) is 10.6 Å². The number of nitrogens with zero attached hydrogens (tertiary/aromatic N) is 3. The highest BCUT2D eigenvalue weighted by molar-refractivity contribution is 7.92. The molecule has 0 amide bonds. The van der Waals surface area contributed by atoms with Gasteiger partial charge in [-0.25, -0.2) is 8.42 Å². The van der Waals surface area contributed by atoms with E-state index in [1.54, 1.807) is 24.3 Å². The average Bonchev–Trinajstić information content (AvgIpc) is 2.96. The van der Waals surface area contributed by atoms with Crippen molar-refractivity contribution in [2.75, 3.05) is 4.72 Å². The first-order valence-corrected chi connectivity index (χ1v) is 11.1. The highest BCUT2D eigenvalue weighted by Gasteiger charge is 2.21. The highest BCUT2D eigenvalue weighted by Crippen LogP contribution is 2.30. The Morgan fingerprint density at radius 1 is 1.03 bits per heavy atom. The molecule has 1 N–H and O–H groups in total. The molecule has 0 spiro atoms. The molecule has 0 saturated carbocycles. The quantitative estimate of drug-likeness (QED) is 0.648. The molecule has 150 valence electrons. The lowest BCUT2D eigenvalue weighted by Gasteiger charge is -2.14. The van der Waals surface area contributed by atoms with Gasteiger partial charge in [-0.05, 0) is 44.0 Å². The summed E-state index contributed by atoms with van der Waals surface area (Å²) in [5.41, 5.74) is 1.46. The third-order valence-electron chi connectivity index (χ3n) is 5.07. The van der Waals surface area contributed by atoms with Crippen LogP contribution in [0.1, 0.15) is 42.4 Å². The van der Waals surface area contributed by atoms with Crippen molar-refractivity contribution < 1.29 is 13.2 Å². The molecular formula is C21H22N4O3S. The maximum atomic E-state index is 13.0. The summed E-state index contributed by atoms with van der Waals surface area (Å²) in [4.78, 5) is 11.7. The molecule has 0 radical (unpaired) electrons. The van der Waals surface area contributed by atoms with Crippen LogP contribution in [-0.4, -0.2) is 29.0 Å². The van der Waals surface area contributed by atoms with Crippen LogP contribution in [0, 0.1) is 0 Å². The highest BCUT2D eigenvalue weighted by atomic mass is 32.2. The van der Waals surface area contributed by atoms with Gasteiger partial charge in [0, 0.05) is 24.1 Å². The van der Waals surface area contributed by atoms with Crippen LogP contribution in [0.5, 0.6) is 0 Å². The number of aryl methyl sites for hydroxylation is 1. The smallest absolute Gasteiger partial charge is 0.261 e. The van der Waals surface area contributed by atoms with E-state index in [0.717, 1.165) is 38.1 Å². The first-order valence-electron chi connectivity index (χ1n) is 9.61. The topological polar surface area (TPSA) is 93.9 Å². The second kappa shape index (κ2) is 7.79. The zero-order valence-electron chi connectivity index (χ0n) is 16.1. The van der Waals surface area contributed by atoms with Crippen LogP contribution in [0.3, 0.4) is 0 Å². The minimum atomic E-state index is -3.87. The van der Waals surface area contributed by atoms with E-state index in [9.17, 15) is 13.2 Å². The van der Waals surface area contributed by atoms with Crippen LogP contribution in [0.25, 0.3) is 11.4 Å². The zero-order valence-corrected chi connectivity index (χ0v) is 16.9. The van der Waals surface area contributed by atoms with Gasteiger partial charge >= 0.3 is 0 Å². The van der Waals surface area contributed by atoms with Gasteiger partial charge in [0.15, 0.2) is 11.6 Å². The molecule has 1 aliphatic rings. The van der Waals surface area contributed by atoms with Gasteiger partial charge in [-0.3, -0.25) is 9.52 Å². The van der Waals surface area contributed by atoms with E-state index < -0.39 is 10.0 Å². The predicted octanol–water partition coefficient (Wildman–Crippen LogP) is 3.67. The lowest BCUT2D eigenvalue weighted by atomic mass is 10.1. The third kappa shape index (κ3) is 3.93. The number of carbonyl (C=O) groups excluding carboxylic acids is 1. The lowest BCUT2D eigenvalue weighted by molar-refractivity contribution is 0.101. The normalized spacial score (nSPS) is 14.1. The van der Waals surface area contributed by atoms with Crippen molar-refractivity contribution >= 4 is 21.5 Å². The van der Waals surface area contributed by atoms with Crippen molar-refractivity contribution in [3.63, 3.8) is 0 Å². The fraction of sp³-hybridized carbons (Fsp3) is 0.286. The molecule has 2 aromatic carbocycles. The van der Waals surface area contributed by atoms with Gasteiger partial charge < -0.3 is 4.57 Å². The van der Waals surface area contributed by atoms with E-state index in [1.165, 1.54) is 19.1 Å². The molecule has 0 bridgehead atoms. The summed E-state index contributed by atoms with van der Waals surface area (Å²) in [6, 6.07) is 13.2. The van der Waals surface area contributed by atoms with E-state index >= 15 is 0 Å². The number of benzene rings is 2. The van der Waals surface area contributed by atoms with Crippen molar-refractivity contribution in [3.8, 4) is 11.4 Å². The van der Waals surface area contributed by atoms with Crippen LogP contribution in [0.15, 0.2) is 53.4 Å². The van der Waals surface area contributed by atoms with Crippen LogP contribution in [0.2, 0.25) is 0 Å². The number of nitrogens with one attached hydrogen (secondary N) is 1.